The monoisotopic (exact) mass is 349 g/mol. The first kappa shape index (κ1) is 18.4. The summed E-state index contributed by atoms with van der Waals surface area (Å²) < 4.78 is 32.5. The van der Waals surface area contributed by atoms with Crippen molar-refractivity contribution in [1.82, 2.24) is 4.31 Å². The van der Waals surface area contributed by atoms with Crippen LogP contribution in [0.5, 0.6) is 0 Å². The number of hydrogen-bond donors (Lipinski definition) is 0. The van der Waals surface area contributed by atoms with Crippen LogP contribution < -0.4 is 0 Å². The van der Waals surface area contributed by atoms with Gasteiger partial charge >= 0.3 is 5.97 Å². The van der Waals surface area contributed by atoms with Crippen LogP contribution in [0.1, 0.15) is 25.3 Å². The molecule has 0 saturated carbocycles. The minimum absolute atomic E-state index is 0.226. The quantitative estimate of drug-likeness (QED) is 0.585. The molecular formula is C18H23NO4S. The summed E-state index contributed by atoms with van der Waals surface area (Å²) in [7, 11) is -3.62. The van der Waals surface area contributed by atoms with E-state index >= 15 is 0 Å². The standard InChI is InChI=1S/C18H23NO4S/c1-4-13-19(16-7-9-17(10-8-16)23-15(3)20)24(21,22)18-11-5-14(2)6-12-18/h4-7,9,11-12,16-17H,1,8,10,13H2,2-3H3/t16-,17-/m0/s1. The zero-order chi connectivity index (χ0) is 17.7. The molecule has 6 heteroatoms. The van der Waals surface area contributed by atoms with Gasteiger partial charge in [0, 0.05) is 19.5 Å². The Morgan fingerprint density at radius 1 is 1.29 bits per heavy atom. The first-order valence-electron chi connectivity index (χ1n) is 7.89. The van der Waals surface area contributed by atoms with Gasteiger partial charge in [-0.1, -0.05) is 29.8 Å². The molecule has 0 saturated heterocycles. The van der Waals surface area contributed by atoms with Crippen LogP contribution in [-0.2, 0) is 19.6 Å². The lowest BCUT2D eigenvalue weighted by molar-refractivity contribution is -0.144. The Hall–Kier alpha value is -1.92. The minimum atomic E-state index is -3.62. The maximum Gasteiger partial charge on any atom is 0.303 e. The Morgan fingerprint density at radius 2 is 1.96 bits per heavy atom. The van der Waals surface area contributed by atoms with Crippen LogP contribution in [0.3, 0.4) is 0 Å². The maximum atomic E-state index is 13.0. The average Bonchev–Trinajstić information content (AvgIpc) is 2.53. The fraction of sp³-hybridized carbons (Fsp3) is 0.389. The normalized spacial score (nSPS) is 20.8. The maximum absolute atomic E-state index is 13.0. The predicted molar refractivity (Wildman–Crippen MR) is 93.0 cm³/mol. The van der Waals surface area contributed by atoms with Gasteiger partial charge < -0.3 is 4.74 Å². The van der Waals surface area contributed by atoms with Gasteiger partial charge in [0.2, 0.25) is 10.0 Å². The van der Waals surface area contributed by atoms with Crippen molar-refractivity contribution in [3.05, 3.63) is 54.6 Å². The molecule has 0 aromatic heterocycles. The van der Waals surface area contributed by atoms with Crippen LogP contribution >= 0.6 is 0 Å². The van der Waals surface area contributed by atoms with E-state index in [1.54, 1.807) is 42.5 Å². The van der Waals surface area contributed by atoms with Crippen LogP contribution in [0.25, 0.3) is 0 Å². The molecule has 1 aromatic rings. The molecule has 2 rings (SSSR count). The molecule has 0 aliphatic heterocycles. The van der Waals surface area contributed by atoms with Gasteiger partial charge in [-0.2, -0.15) is 4.31 Å². The topological polar surface area (TPSA) is 63.7 Å². The van der Waals surface area contributed by atoms with Gasteiger partial charge in [0.1, 0.15) is 6.10 Å². The summed E-state index contributed by atoms with van der Waals surface area (Å²) in [5.74, 6) is -0.335. The highest BCUT2D eigenvalue weighted by Crippen LogP contribution is 2.25. The van der Waals surface area contributed by atoms with E-state index in [-0.39, 0.29) is 29.6 Å². The predicted octanol–water partition coefficient (Wildman–Crippen LogP) is 2.82. The highest BCUT2D eigenvalue weighted by molar-refractivity contribution is 7.89. The fourth-order valence-electron chi connectivity index (χ4n) is 2.72. The molecule has 0 bridgehead atoms. The number of carbonyl (C=O) groups is 1. The van der Waals surface area contributed by atoms with Gasteiger partial charge in [-0.25, -0.2) is 8.42 Å². The molecule has 1 aliphatic carbocycles. The molecule has 0 spiro atoms. The number of sulfonamides is 1. The molecule has 0 heterocycles. The third-order valence-electron chi connectivity index (χ3n) is 3.92. The summed E-state index contributed by atoms with van der Waals surface area (Å²) in [4.78, 5) is 11.3. The molecule has 0 radical (unpaired) electrons. The Kier molecular flexibility index (Phi) is 5.96. The minimum Gasteiger partial charge on any atom is -0.458 e. The summed E-state index contributed by atoms with van der Waals surface area (Å²) in [5, 5.41) is 0. The third kappa shape index (κ3) is 4.33. The molecule has 1 aromatic carbocycles. The summed E-state index contributed by atoms with van der Waals surface area (Å²) >= 11 is 0. The Morgan fingerprint density at radius 3 is 2.46 bits per heavy atom. The second-order valence-electron chi connectivity index (χ2n) is 5.85. The fourth-order valence-corrected chi connectivity index (χ4v) is 4.30. The van der Waals surface area contributed by atoms with Gasteiger partial charge in [0.15, 0.2) is 0 Å². The van der Waals surface area contributed by atoms with Crippen molar-refractivity contribution in [2.75, 3.05) is 6.54 Å². The average molecular weight is 349 g/mol. The zero-order valence-corrected chi connectivity index (χ0v) is 14.8. The Bertz CT molecular complexity index is 722. The lowest BCUT2D eigenvalue weighted by atomic mass is 10.0. The molecule has 5 nitrogen and oxygen atoms in total. The summed E-state index contributed by atoms with van der Waals surface area (Å²) in [6.45, 7) is 7.18. The second-order valence-corrected chi connectivity index (χ2v) is 7.74. The molecule has 0 fully saturated rings. The number of ether oxygens (including phenoxy) is 1. The van der Waals surface area contributed by atoms with E-state index in [1.807, 2.05) is 6.92 Å². The van der Waals surface area contributed by atoms with Crippen molar-refractivity contribution in [2.24, 2.45) is 0 Å². The summed E-state index contributed by atoms with van der Waals surface area (Å²) in [5.41, 5.74) is 1.01. The molecule has 24 heavy (non-hydrogen) atoms. The van der Waals surface area contributed by atoms with Crippen molar-refractivity contribution in [3.8, 4) is 0 Å². The molecule has 1 aliphatic rings. The number of benzene rings is 1. The van der Waals surface area contributed by atoms with E-state index in [0.717, 1.165) is 5.56 Å². The Labute approximate surface area is 143 Å². The van der Waals surface area contributed by atoms with Crippen LogP contribution in [-0.4, -0.2) is 37.4 Å². The molecule has 2 atom stereocenters. The van der Waals surface area contributed by atoms with Crippen LogP contribution in [0, 0.1) is 6.92 Å². The van der Waals surface area contributed by atoms with E-state index in [2.05, 4.69) is 6.58 Å². The van der Waals surface area contributed by atoms with Crippen molar-refractivity contribution in [2.45, 2.75) is 43.7 Å². The second kappa shape index (κ2) is 7.77. The first-order chi connectivity index (χ1) is 11.3. The number of nitrogens with zero attached hydrogens (tertiary/aromatic N) is 1. The smallest absolute Gasteiger partial charge is 0.303 e. The molecular weight excluding hydrogens is 326 g/mol. The summed E-state index contributed by atoms with van der Waals surface area (Å²) in [6.07, 6.45) is 6.04. The van der Waals surface area contributed by atoms with Crippen LogP contribution in [0.15, 0.2) is 54.0 Å². The van der Waals surface area contributed by atoms with E-state index in [9.17, 15) is 13.2 Å². The molecule has 130 valence electrons. The molecule has 0 amide bonds. The Balaban J connectivity index is 2.24. The third-order valence-corrected chi connectivity index (χ3v) is 5.82. The van der Waals surface area contributed by atoms with E-state index in [0.29, 0.717) is 12.8 Å². The summed E-state index contributed by atoms with van der Waals surface area (Å²) in [6, 6.07) is 6.53. The van der Waals surface area contributed by atoms with E-state index < -0.39 is 10.0 Å². The number of carbonyl (C=O) groups excluding carboxylic acids is 1. The first-order valence-corrected chi connectivity index (χ1v) is 9.33. The zero-order valence-electron chi connectivity index (χ0n) is 14.0. The van der Waals surface area contributed by atoms with Gasteiger partial charge in [0.05, 0.1) is 4.90 Å². The molecule has 0 N–H and O–H groups in total. The van der Waals surface area contributed by atoms with Crippen LogP contribution in [0.4, 0.5) is 0 Å². The number of aryl methyl sites for hydroxylation is 1. The van der Waals surface area contributed by atoms with E-state index in [1.165, 1.54) is 11.2 Å². The molecule has 0 unspecified atom stereocenters. The van der Waals surface area contributed by atoms with Crippen molar-refractivity contribution >= 4 is 16.0 Å². The van der Waals surface area contributed by atoms with E-state index in [4.69, 9.17) is 4.74 Å². The van der Waals surface area contributed by atoms with Crippen molar-refractivity contribution < 1.29 is 17.9 Å². The van der Waals surface area contributed by atoms with Gasteiger partial charge in [-0.05, 0) is 38.0 Å². The van der Waals surface area contributed by atoms with Gasteiger partial charge in [-0.15, -0.1) is 6.58 Å². The largest absolute Gasteiger partial charge is 0.458 e. The highest BCUT2D eigenvalue weighted by atomic mass is 32.2. The lowest BCUT2D eigenvalue weighted by Gasteiger charge is -2.31. The van der Waals surface area contributed by atoms with Gasteiger partial charge in [-0.3, -0.25) is 4.79 Å². The van der Waals surface area contributed by atoms with Crippen molar-refractivity contribution in [1.29, 1.82) is 0 Å². The van der Waals surface area contributed by atoms with Crippen LogP contribution in [0.2, 0.25) is 0 Å². The SMILES string of the molecule is C=CCN([C@H]1C=C[C@H](OC(C)=O)CC1)S(=O)(=O)c1ccc(C)cc1. The van der Waals surface area contributed by atoms with Crippen molar-refractivity contribution in [3.63, 3.8) is 0 Å². The van der Waals surface area contributed by atoms with Gasteiger partial charge in [0.25, 0.3) is 0 Å². The number of esters is 1. The lowest BCUT2D eigenvalue weighted by Crippen LogP contribution is -2.41. The number of rotatable bonds is 6. The number of hydrogen-bond acceptors (Lipinski definition) is 4. The highest BCUT2D eigenvalue weighted by Gasteiger charge is 2.31.